The Labute approximate surface area is 154 Å². The summed E-state index contributed by atoms with van der Waals surface area (Å²) < 4.78 is 0. The molecule has 1 aliphatic carbocycles. The molecule has 0 heterocycles. The molecular formula is C20H39N3O2. The minimum Gasteiger partial charge on any atom is -0.391 e. The van der Waals surface area contributed by atoms with Crippen LogP contribution in [0.15, 0.2) is 12.2 Å². The van der Waals surface area contributed by atoms with Crippen LogP contribution < -0.4 is 11.1 Å². The lowest BCUT2D eigenvalue weighted by molar-refractivity contribution is -0.115. The van der Waals surface area contributed by atoms with Gasteiger partial charge in [-0.05, 0) is 52.7 Å². The van der Waals surface area contributed by atoms with E-state index in [4.69, 9.17) is 5.73 Å². The number of rotatable bonds is 12. The predicted molar refractivity (Wildman–Crippen MR) is 104 cm³/mol. The van der Waals surface area contributed by atoms with E-state index in [1.165, 1.54) is 32.1 Å². The summed E-state index contributed by atoms with van der Waals surface area (Å²) in [5.74, 6) is 0.148. The van der Waals surface area contributed by atoms with E-state index in [1.54, 1.807) is 0 Å². The molecule has 146 valence electrons. The third-order valence-electron chi connectivity index (χ3n) is 5.56. The molecule has 1 saturated carbocycles. The lowest BCUT2D eigenvalue weighted by atomic mass is 9.83. The molecule has 1 aliphatic rings. The Morgan fingerprint density at radius 3 is 2.52 bits per heavy atom. The molecule has 1 fully saturated rings. The first-order valence-corrected chi connectivity index (χ1v) is 9.90. The van der Waals surface area contributed by atoms with Crippen molar-refractivity contribution >= 4 is 5.91 Å². The van der Waals surface area contributed by atoms with Crippen LogP contribution in [0.5, 0.6) is 0 Å². The van der Waals surface area contributed by atoms with Gasteiger partial charge in [0, 0.05) is 24.1 Å². The topological polar surface area (TPSA) is 78.6 Å². The number of nitrogens with two attached hydrogens (primary N) is 1. The molecule has 0 aromatic carbocycles. The zero-order chi connectivity index (χ0) is 18.8. The molecule has 2 unspecified atom stereocenters. The van der Waals surface area contributed by atoms with Gasteiger partial charge in [0.2, 0.25) is 5.91 Å². The fourth-order valence-corrected chi connectivity index (χ4v) is 3.53. The molecule has 2 atom stereocenters. The third kappa shape index (κ3) is 8.84. The Morgan fingerprint density at radius 1 is 1.32 bits per heavy atom. The number of hydrogen-bond acceptors (Lipinski definition) is 4. The Balaban J connectivity index is 2.51. The van der Waals surface area contributed by atoms with E-state index in [9.17, 15) is 9.90 Å². The van der Waals surface area contributed by atoms with Crippen molar-refractivity contribution in [1.29, 1.82) is 0 Å². The zero-order valence-corrected chi connectivity index (χ0v) is 16.5. The van der Waals surface area contributed by atoms with E-state index in [0.717, 1.165) is 25.9 Å². The number of nitrogens with zero attached hydrogens (tertiary/aromatic N) is 1. The average molecular weight is 354 g/mol. The van der Waals surface area contributed by atoms with Crippen LogP contribution in [0.3, 0.4) is 0 Å². The van der Waals surface area contributed by atoms with Crippen molar-refractivity contribution in [2.24, 2.45) is 11.7 Å². The van der Waals surface area contributed by atoms with Gasteiger partial charge in [-0.25, -0.2) is 0 Å². The average Bonchev–Trinajstić information content (AvgIpc) is 2.57. The monoisotopic (exact) mass is 353 g/mol. The first-order chi connectivity index (χ1) is 11.8. The second-order valence-corrected chi connectivity index (χ2v) is 7.97. The summed E-state index contributed by atoms with van der Waals surface area (Å²) in [6.07, 6.45) is 8.07. The lowest BCUT2D eigenvalue weighted by Gasteiger charge is -2.31. The molecule has 0 aliphatic heterocycles. The van der Waals surface area contributed by atoms with Crippen molar-refractivity contribution in [1.82, 2.24) is 10.2 Å². The maximum atomic E-state index is 11.2. The van der Waals surface area contributed by atoms with E-state index in [2.05, 4.69) is 37.7 Å². The number of amides is 1. The maximum Gasteiger partial charge on any atom is 0.244 e. The molecule has 25 heavy (non-hydrogen) atoms. The second-order valence-electron chi connectivity index (χ2n) is 7.97. The highest BCUT2D eigenvalue weighted by Crippen LogP contribution is 2.28. The van der Waals surface area contributed by atoms with Crippen LogP contribution in [-0.2, 0) is 4.79 Å². The van der Waals surface area contributed by atoms with Gasteiger partial charge in [-0.2, -0.15) is 0 Å². The van der Waals surface area contributed by atoms with E-state index in [0.29, 0.717) is 17.5 Å². The molecule has 0 saturated heterocycles. The van der Waals surface area contributed by atoms with E-state index >= 15 is 0 Å². The van der Waals surface area contributed by atoms with Crippen LogP contribution in [0.1, 0.15) is 65.2 Å². The first kappa shape index (κ1) is 22.1. The van der Waals surface area contributed by atoms with Crippen molar-refractivity contribution in [3.05, 3.63) is 12.2 Å². The van der Waals surface area contributed by atoms with E-state index in [-0.39, 0.29) is 12.5 Å². The van der Waals surface area contributed by atoms with Crippen LogP contribution in [0.2, 0.25) is 0 Å². The molecule has 5 nitrogen and oxygen atoms in total. The molecule has 0 bridgehead atoms. The number of carbonyl (C=O) groups is 1. The van der Waals surface area contributed by atoms with Crippen molar-refractivity contribution < 1.29 is 9.90 Å². The number of carbonyl (C=O) groups excluding carboxylic acids is 1. The fourth-order valence-electron chi connectivity index (χ4n) is 3.53. The SMILES string of the molecule is C=C(CC(O)C(CC1CCCCC1)NCCCN(C)C(C)C)C(N)=O. The van der Waals surface area contributed by atoms with Gasteiger partial charge in [-0.1, -0.05) is 38.7 Å². The molecule has 0 aromatic heterocycles. The van der Waals surface area contributed by atoms with Crippen molar-refractivity contribution in [3.8, 4) is 0 Å². The summed E-state index contributed by atoms with van der Waals surface area (Å²) >= 11 is 0. The maximum absolute atomic E-state index is 11.2. The minimum atomic E-state index is -0.607. The van der Waals surface area contributed by atoms with Gasteiger partial charge in [-0.3, -0.25) is 4.79 Å². The predicted octanol–water partition coefficient (Wildman–Crippen LogP) is 2.44. The summed E-state index contributed by atoms with van der Waals surface area (Å²) in [6.45, 7) is 9.98. The lowest BCUT2D eigenvalue weighted by Crippen LogP contribution is -2.43. The van der Waals surface area contributed by atoms with Crippen LogP contribution in [0.25, 0.3) is 0 Å². The second kappa shape index (κ2) is 11.7. The first-order valence-electron chi connectivity index (χ1n) is 9.90. The highest BCUT2D eigenvalue weighted by Gasteiger charge is 2.25. The van der Waals surface area contributed by atoms with Gasteiger partial charge < -0.3 is 21.1 Å². The summed E-state index contributed by atoms with van der Waals surface area (Å²) in [6, 6.07) is 0.547. The molecule has 5 heteroatoms. The molecule has 1 amide bonds. The van der Waals surface area contributed by atoms with Crippen LogP contribution >= 0.6 is 0 Å². The number of aliphatic hydroxyl groups is 1. The van der Waals surface area contributed by atoms with Gasteiger partial charge in [0.1, 0.15) is 0 Å². The van der Waals surface area contributed by atoms with Gasteiger partial charge in [0.05, 0.1) is 6.10 Å². The van der Waals surface area contributed by atoms with Crippen LogP contribution in [0.4, 0.5) is 0 Å². The largest absolute Gasteiger partial charge is 0.391 e. The fraction of sp³-hybridized carbons (Fsp3) is 0.850. The highest BCUT2D eigenvalue weighted by molar-refractivity contribution is 5.91. The number of hydrogen-bond donors (Lipinski definition) is 3. The Hall–Kier alpha value is -0.910. The highest BCUT2D eigenvalue weighted by atomic mass is 16.3. The number of aliphatic hydroxyl groups excluding tert-OH is 1. The number of primary amides is 1. The summed E-state index contributed by atoms with van der Waals surface area (Å²) in [5.41, 5.74) is 5.58. The summed E-state index contributed by atoms with van der Waals surface area (Å²) in [5, 5.41) is 14.1. The van der Waals surface area contributed by atoms with Gasteiger partial charge in [-0.15, -0.1) is 0 Å². The van der Waals surface area contributed by atoms with Crippen molar-refractivity contribution in [3.63, 3.8) is 0 Å². The van der Waals surface area contributed by atoms with Crippen LogP contribution in [0, 0.1) is 5.92 Å². The standard InChI is InChI=1S/C20H39N3O2/c1-15(2)23(4)12-8-11-22-18(14-17-9-6-5-7-10-17)19(24)13-16(3)20(21)25/h15,17-19,22,24H,3,5-14H2,1-2,4H3,(H2,21,25). The Bertz CT molecular complexity index is 406. The van der Waals surface area contributed by atoms with Gasteiger partial charge >= 0.3 is 0 Å². The molecular weight excluding hydrogens is 314 g/mol. The van der Waals surface area contributed by atoms with Gasteiger partial charge in [0.25, 0.3) is 0 Å². The summed E-state index contributed by atoms with van der Waals surface area (Å²) in [4.78, 5) is 13.6. The van der Waals surface area contributed by atoms with E-state index in [1.807, 2.05) is 0 Å². The molecule has 0 aromatic rings. The normalized spacial score (nSPS) is 18.5. The van der Waals surface area contributed by atoms with Crippen molar-refractivity contribution in [2.45, 2.75) is 83.4 Å². The Morgan fingerprint density at radius 2 is 1.96 bits per heavy atom. The molecule has 0 spiro atoms. The third-order valence-corrected chi connectivity index (χ3v) is 5.56. The molecule has 0 radical (unpaired) electrons. The Kier molecular flexibility index (Phi) is 10.3. The quantitative estimate of drug-likeness (QED) is 0.372. The van der Waals surface area contributed by atoms with Crippen molar-refractivity contribution in [2.75, 3.05) is 20.1 Å². The molecule has 1 rings (SSSR count). The molecule has 4 N–H and O–H groups in total. The van der Waals surface area contributed by atoms with Gasteiger partial charge in [0.15, 0.2) is 0 Å². The van der Waals surface area contributed by atoms with E-state index < -0.39 is 12.0 Å². The minimum absolute atomic E-state index is 0.00329. The smallest absolute Gasteiger partial charge is 0.244 e. The summed E-state index contributed by atoms with van der Waals surface area (Å²) in [7, 11) is 2.13. The van der Waals surface area contributed by atoms with Crippen LogP contribution in [-0.4, -0.2) is 54.2 Å². The number of nitrogens with one attached hydrogen (secondary N) is 1. The zero-order valence-electron chi connectivity index (χ0n) is 16.5.